The van der Waals surface area contributed by atoms with Crippen LogP contribution in [0.2, 0.25) is 0 Å². The standard InChI is InChI=1S/C17H24FNO2/c1-17(2,3)12-5-4-9-19(10-8-12)16(21)14-7-6-13(18)11-15(14)20/h6-7,11-12,20H,4-5,8-10H2,1-3H3. The minimum atomic E-state index is -0.535. The van der Waals surface area contributed by atoms with Crippen molar-refractivity contribution in [3.05, 3.63) is 29.6 Å². The molecule has 0 radical (unpaired) electrons. The van der Waals surface area contributed by atoms with E-state index in [-0.39, 0.29) is 22.6 Å². The molecule has 2 rings (SSSR count). The van der Waals surface area contributed by atoms with Crippen LogP contribution in [0.3, 0.4) is 0 Å². The van der Waals surface area contributed by atoms with Crippen LogP contribution in [0.4, 0.5) is 4.39 Å². The first kappa shape index (κ1) is 15.8. The molecule has 1 unspecified atom stereocenters. The molecule has 4 heteroatoms. The number of benzene rings is 1. The summed E-state index contributed by atoms with van der Waals surface area (Å²) in [5.74, 6) is -0.427. The van der Waals surface area contributed by atoms with Gasteiger partial charge in [-0.15, -0.1) is 0 Å². The first-order chi connectivity index (χ1) is 9.79. The molecule has 1 amide bonds. The van der Waals surface area contributed by atoms with Crippen molar-refractivity contribution < 1.29 is 14.3 Å². The predicted octanol–water partition coefficient (Wildman–Crippen LogP) is 3.82. The molecule has 1 saturated heterocycles. The number of phenolic OH excluding ortho intramolecular Hbond substituents is 1. The summed E-state index contributed by atoms with van der Waals surface area (Å²) >= 11 is 0. The number of halogens is 1. The van der Waals surface area contributed by atoms with Gasteiger partial charge in [-0.3, -0.25) is 4.79 Å². The second-order valence-electron chi connectivity index (χ2n) is 6.95. The lowest BCUT2D eigenvalue weighted by atomic mass is 9.77. The van der Waals surface area contributed by atoms with Gasteiger partial charge in [-0.2, -0.15) is 0 Å². The van der Waals surface area contributed by atoms with Crippen molar-refractivity contribution >= 4 is 5.91 Å². The average Bonchev–Trinajstić information content (AvgIpc) is 2.63. The fourth-order valence-electron chi connectivity index (χ4n) is 3.02. The summed E-state index contributed by atoms with van der Waals surface area (Å²) in [6.07, 6.45) is 3.05. The third kappa shape index (κ3) is 3.74. The molecule has 0 aliphatic carbocycles. The number of carbonyl (C=O) groups excluding carboxylic acids is 1. The lowest BCUT2D eigenvalue weighted by Gasteiger charge is -2.29. The molecular formula is C17H24FNO2. The van der Waals surface area contributed by atoms with E-state index in [2.05, 4.69) is 20.8 Å². The molecule has 1 heterocycles. The molecule has 0 saturated carbocycles. The van der Waals surface area contributed by atoms with Gasteiger partial charge in [0.25, 0.3) is 5.91 Å². The van der Waals surface area contributed by atoms with Crippen LogP contribution >= 0.6 is 0 Å². The number of rotatable bonds is 1. The van der Waals surface area contributed by atoms with E-state index >= 15 is 0 Å². The Labute approximate surface area is 125 Å². The molecule has 1 aromatic carbocycles. The number of nitrogens with zero attached hydrogens (tertiary/aromatic N) is 1. The molecule has 1 fully saturated rings. The van der Waals surface area contributed by atoms with E-state index in [9.17, 15) is 14.3 Å². The molecule has 0 aromatic heterocycles. The normalized spacial score (nSPS) is 20.2. The van der Waals surface area contributed by atoms with E-state index in [1.807, 2.05) is 0 Å². The number of aromatic hydroxyl groups is 1. The van der Waals surface area contributed by atoms with Gasteiger partial charge >= 0.3 is 0 Å². The van der Waals surface area contributed by atoms with E-state index in [1.54, 1.807) is 4.90 Å². The Bertz CT molecular complexity index is 522. The fraction of sp³-hybridized carbons (Fsp3) is 0.588. The van der Waals surface area contributed by atoms with Crippen molar-refractivity contribution in [3.8, 4) is 5.75 Å². The van der Waals surface area contributed by atoms with Crippen molar-refractivity contribution in [3.63, 3.8) is 0 Å². The zero-order valence-corrected chi connectivity index (χ0v) is 13.0. The van der Waals surface area contributed by atoms with Crippen LogP contribution in [0.25, 0.3) is 0 Å². The Morgan fingerprint density at radius 1 is 1.29 bits per heavy atom. The highest BCUT2D eigenvalue weighted by Crippen LogP contribution is 2.34. The lowest BCUT2D eigenvalue weighted by molar-refractivity contribution is 0.0752. The quantitative estimate of drug-likeness (QED) is 0.855. The SMILES string of the molecule is CC(C)(C)C1CCCN(C(=O)c2ccc(F)cc2O)CC1. The molecular weight excluding hydrogens is 269 g/mol. The minimum absolute atomic E-state index is 0.186. The zero-order valence-electron chi connectivity index (χ0n) is 13.0. The number of hydrogen-bond acceptors (Lipinski definition) is 2. The van der Waals surface area contributed by atoms with Crippen molar-refractivity contribution in [2.45, 2.75) is 40.0 Å². The first-order valence-electron chi connectivity index (χ1n) is 7.57. The Morgan fingerprint density at radius 2 is 2.00 bits per heavy atom. The lowest BCUT2D eigenvalue weighted by Crippen LogP contribution is -2.32. The third-order valence-corrected chi connectivity index (χ3v) is 4.43. The molecule has 1 aliphatic heterocycles. The minimum Gasteiger partial charge on any atom is -0.507 e. The molecule has 21 heavy (non-hydrogen) atoms. The van der Waals surface area contributed by atoms with Gasteiger partial charge in [-0.25, -0.2) is 4.39 Å². The Morgan fingerprint density at radius 3 is 2.62 bits per heavy atom. The van der Waals surface area contributed by atoms with Gasteiger partial charge in [-0.05, 0) is 42.7 Å². The Kier molecular flexibility index (Phi) is 4.55. The van der Waals surface area contributed by atoms with Gasteiger partial charge in [0.15, 0.2) is 0 Å². The largest absolute Gasteiger partial charge is 0.507 e. The van der Waals surface area contributed by atoms with Gasteiger partial charge in [0.1, 0.15) is 11.6 Å². The van der Waals surface area contributed by atoms with Crippen LogP contribution in [0.15, 0.2) is 18.2 Å². The zero-order chi connectivity index (χ0) is 15.6. The maximum absolute atomic E-state index is 13.0. The van der Waals surface area contributed by atoms with Gasteiger partial charge in [0.2, 0.25) is 0 Å². The van der Waals surface area contributed by atoms with E-state index in [1.165, 1.54) is 12.1 Å². The molecule has 1 N–H and O–H groups in total. The molecule has 3 nitrogen and oxygen atoms in total. The second kappa shape index (κ2) is 6.04. The van der Waals surface area contributed by atoms with Gasteiger partial charge in [0, 0.05) is 19.2 Å². The Balaban J connectivity index is 2.10. The van der Waals surface area contributed by atoms with Crippen LogP contribution in [0.1, 0.15) is 50.4 Å². The summed E-state index contributed by atoms with van der Waals surface area (Å²) in [6.45, 7) is 8.10. The highest BCUT2D eigenvalue weighted by atomic mass is 19.1. The maximum Gasteiger partial charge on any atom is 0.257 e. The number of amides is 1. The molecule has 116 valence electrons. The molecule has 0 bridgehead atoms. The van der Waals surface area contributed by atoms with Crippen LogP contribution in [0, 0.1) is 17.2 Å². The maximum atomic E-state index is 13.0. The van der Waals surface area contributed by atoms with E-state index in [0.717, 1.165) is 25.3 Å². The van der Waals surface area contributed by atoms with Crippen molar-refractivity contribution in [2.75, 3.05) is 13.1 Å². The summed E-state index contributed by atoms with van der Waals surface area (Å²) in [5.41, 5.74) is 0.433. The van der Waals surface area contributed by atoms with Crippen LogP contribution in [0.5, 0.6) is 5.75 Å². The third-order valence-electron chi connectivity index (χ3n) is 4.43. The van der Waals surface area contributed by atoms with Crippen LogP contribution < -0.4 is 0 Å². The topological polar surface area (TPSA) is 40.5 Å². The van der Waals surface area contributed by atoms with Crippen molar-refractivity contribution in [1.29, 1.82) is 0 Å². The van der Waals surface area contributed by atoms with E-state index in [0.29, 0.717) is 19.0 Å². The Hall–Kier alpha value is -1.58. The van der Waals surface area contributed by atoms with Crippen LogP contribution in [-0.4, -0.2) is 29.0 Å². The molecule has 1 aromatic rings. The summed E-state index contributed by atoms with van der Waals surface area (Å²) in [4.78, 5) is 14.3. The fourth-order valence-corrected chi connectivity index (χ4v) is 3.02. The molecule has 0 spiro atoms. The van der Waals surface area contributed by atoms with E-state index < -0.39 is 5.82 Å². The number of carbonyl (C=O) groups is 1. The van der Waals surface area contributed by atoms with Crippen LogP contribution in [-0.2, 0) is 0 Å². The number of hydrogen-bond donors (Lipinski definition) is 1. The number of likely N-dealkylation sites (tertiary alicyclic amines) is 1. The predicted molar refractivity (Wildman–Crippen MR) is 80.8 cm³/mol. The summed E-state index contributed by atoms with van der Waals surface area (Å²) < 4.78 is 13.0. The molecule has 1 aliphatic rings. The average molecular weight is 293 g/mol. The summed E-state index contributed by atoms with van der Waals surface area (Å²) in [6, 6.07) is 3.56. The number of phenols is 1. The second-order valence-corrected chi connectivity index (χ2v) is 6.95. The van der Waals surface area contributed by atoms with Gasteiger partial charge in [-0.1, -0.05) is 20.8 Å². The monoisotopic (exact) mass is 293 g/mol. The summed E-state index contributed by atoms with van der Waals surface area (Å²) in [5, 5.41) is 9.76. The molecule has 1 atom stereocenters. The smallest absolute Gasteiger partial charge is 0.257 e. The first-order valence-corrected chi connectivity index (χ1v) is 7.57. The van der Waals surface area contributed by atoms with Gasteiger partial charge < -0.3 is 10.0 Å². The summed E-state index contributed by atoms with van der Waals surface area (Å²) in [7, 11) is 0. The highest BCUT2D eigenvalue weighted by Gasteiger charge is 2.29. The van der Waals surface area contributed by atoms with Gasteiger partial charge in [0.05, 0.1) is 5.56 Å². The van der Waals surface area contributed by atoms with E-state index in [4.69, 9.17) is 0 Å². The highest BCUT2D eigenvalue weighted by molar-refractivity contribution is 5.96. The van der Waals surface area contributed by atoms with Crippen molar-refractivity contribution in [2.24, 2.45) is 11.3 Å². The van der Waals surface area contributed by atoms with Crippen molar-refractivity contribution in [1.82, 2.24) is 4.90 Å².